The molecule has 0 saturated heterocycles. The molecule has 3 rings (SSSR count). The summed E-state index contributed by atoms with van der Waals surface area (Å²) < 4.78 is 0. The molecule has 0 aliphatic heterocycles. The van der Waals surface area contributed by atoms with E-state index in [-0.39, 0.29) is 5.91 Å². The molecule has 0 radical (unpaired) electrons. The number of carbonyl (C=O) groups is 1. The molecular formula is C16H20N2OS. The number of hydrogen-bond acceptors (Lipinski definition) is 2. The molecule has 0 bridgehead atoms. The third kappa shape index (κ3) is 2.70. The van der Waals surface area contributed by atoms with Gasteiger partial charge in [-0.25, -0.2) is 0 Å². The molecule has 4 heteroatoms. The van der Waals surface area contributed by atoms with Crippen LogP contribution in [0.5, 0.6) is 0 Å². The predicted molar refractivity (Wildman–Crippen MR) is 85.3 cm³/mol. The van der Waals surface area contributed by atoms with Gasteiger partial charge in [0.2, 0.25) is 0 Å². The smallest absolute Gasteiger partial charge is 0.252 e. The van der Waals surface area contributed by atoms with E-state index in [4.69, 9.17) is 0 Å². The van der Waals surface area contributed by atoms with Crippen molar-refractivity contribution in [1.29, 1.82) is 0 Å². The van der Waals surface area contributed by atoms with E-state index in [1.807, 2.05) is 42.2 Å². The summed E-state index contributed by atoms with van der Waals surface area (Å²) in [4.78, 5) is 15.6. The van der Waals surface area contributed by atoms with Crippen LogP contribution >= 0.6 is 11.8 Å². The lowest BCUT2D eigenvalue weighted by Crippen LogP contribution is -2.33. The van der Waals surface area contributed by atoms with Gasteiger partial charge in [-0.1, -0.05) is 13.0 Å². The quantitative estimate of drug-likeness (QED) is 0.903. The lowest BCUT2D eigenvalue weighted by Gasteiger charge is -2.13. The largest absolute Gasteiger partial charge is 0.361 e. The maximum absolute atomic E-state index is 12.4. The normalized spacial score (nSPS) is 22.2. The fourth-order valence-corrected chi connectivity index (χ4v) is 4.15. The SMILES string of the molecule is CCSC1CCC(NC(=O)c2cccc3[nH]ccc23)C1. The fraction of sp³-hybridized carbons (Fsp3) is 0.438. The summed E-state index contributed by atoms with van der Waals surface area (Å²) in [6.07, 6.45) is 5.31. The molecule has 106 valence electrons. The molecule has 20 heavy (non-hydrogen) atoms. The Kier molecular flexibility index (Phi) is 4.01. The number of aromatic nitrogens is 1. The Bertz CT molecular complexity index is 607. The van der Waals surface area contributed by atoms with Gasteiger partial charge in [-0.2, -0.15) is 11.8 Å². The molecule has 2 N–H and O–H groups in total. The van der Waals surface area contributed by atoms with Gasteiger partial charge < -0.3 is 10.3 Å². The van der Waals surface area contributed by atoms with Crippen LogP contribution in [0.4, 0.5) is 0 Å². The van der Waals surface area contributed by atoms with Gasteiger partial charge in [0.1, 0.15) is 0 Å². The van der Waals surface area contributed by atoms with Crippen molar-refractivity contribution in [2.45, 2.75) is 37.5 Å². The molecule has 1 aliphatic rings. The minimum Gasteiger partial charge on any atom is -0.361 e. The second kappa shape index (κ2) is 5.92. The summed E-state index contributed by atoms with van der Waals surface area (Å²) in [6.45, 7) is 2.20. The van der Waals surface area contributed by atoms with Crippen molar-refractivity contribution in [3.8, 4) is 0 Å². The topological polar surface area (TPSA) is 44.9 Å². The van der Waals surface area contributed by atoms with Gasteiger partial charge in [0.15, 0.2) is 0 Å². The molecular weight excluding hydrogens is 268 g/mol. The fourth-order valence-electron chi connectivity index (χ4n) is 3.00. The number of H-pyrrole nitrogens is 1. The molecule has 2 unspecified atom stereocenters. The third-order valence-electron chi connectivity index (χ3n) is 3.96. The van der Waals surface area contributed by atoms with E-state index in [9.17, 15) is 4.79 Å². The second-order valence-electron chi connectivity index (χ2n) is 5.31. The molecule has 2 atom stereocenters. The molecule has 1 aromatic heterocycles. The van der Waals surface area contributed by atoms with Gasteiger partial charge in [-0.15, -0.1) is 0 Å². The van der Waals surface area contributed by atoms with Crippen molar-refractivity contribution in [1.82, 2.24) is 10.3 Å². The number of nitrogens with one attached hydrogen (secondary N) is 2. The summed E-state index contributed by atoms with van der Waals surface area (Å²) in [5, 5.41) is 4.92. The van der Waals surface area contributed by atoms with E-state index in [2.05, 4.69) is 17.2 Å². The van der Waals surface area contributed by atoms with E-state index in [0.717, 1.165) is 35.1 Å². The monoisotopic (exact) mass is 288 g/mol. The number of fused-ring (bicyclic) bond motifs is 1. The van der Waals surface area contributed by atoms with E-state index in [1.165, 1.54) is 6.42 Å². The number of aromatic amines is 1. The first-order valence-corrected chi connectivity index (χ1v) is 8.31. The van der Waals surface area contributed by atoms with Crippen LogP contribution in [0.15, 0.2) is 30.5 Å². The first kappa shape index (κ1) is 13.6. The van der Waals surface area contributed by atoms with Crippen LogP contribution in [-0.2, 0) is 0 Å². The maximum atomic E-state index is 12.4. The Morgan fingerprint density at radius 1 is 1.40 bits per heavy atom. The van der Waals surface area contributed by atoms with Crippen molar-refractivity contribution in [3.05, 3.63) is 36.0 Å². The van der Waals surface area contributed by atoms with Crippen LogP contribution in [0.2, 0.25) is 0 Å². The summed E-state index contributed by atoms with van der Waals surface area (Å²) in [5.74, 6) is 1.22. The number of hydrogen-bond donors (Lipinski definition) is 2. The summed E-state index contributed by atoms with van der Waals surface area (Å²) >= 11 is 2.01. The van der Waals surface area contributed by atoms with Crippen molar-refractivity contribution in [2.24, 2.45) is 0 Å². The molecule has 1 amide bonds. The average molecular weight is 288 g/mol. The Balaban J connectivity index is 1.69. The molecule has 1 fully saturated rings. The summed E-state index contributed by atoms with van der Waals surface area (Å²) in [5.41, 5.74) is 1.79. The van der Waals surface area contributed by atoms with Crippen LogP contribution in [0.3, 0.4) is 0 Å². The zero-order chi connectivity index (χ0) is 13.9. The van der Waals surface area contributed by atoms with E-state index < -0.39 is 0 Å². The van der Waals surface area contributed by atoms with E-state index in [0.29, 0.717) is 11.3 Å². The second-order valence-corrected chi connectivity index (χ2v) is 6.88. The van der Waals surface area contributed by atoms with Crippen molar-refractivity contribution >= 4 is 28.6 Å². The summed E-state index contributed by atoms with van der Waals surface area (Å²) in [7, 11) is 0. The molecule has 0 spiro atoms. The molecule has 1 heterocycles. The van der Waals surface area contributed by atoms with Gasteiger partial charge in [0, 0.05) is 34.0 Å². The number of rotatable bonds is 4. The van der Waals surface area contributed by atoms with Crippen LogP contribution in [0, 0.1) is 0 Å². The minimum atomic E-state index is 0.0577. The molecule has 1 aliphatic carbocycles. The van der Waals surface area contributed by atoms with Gasteiger partial charge in [0.05, 0.1) is 0 Å². The van der Waals surface area contributed by atoms with E-state index >= 15 is 0 Å². The Hall–Kier alpha value is -1.42. The summed E-state index contributed by atoms with van der Waals surface area (Å²) in [6, 6.07) is 8.13. The molecule has 3 nitrogen and oxygen atoms in total. The minimum absolute atomic E-state index is 0.0577. The number of amides is 1. The highest BCUT2D eigenvalue weighted by Crippen LogP contribution is 2.30. The van der Waals surface area contributed by atoms with Gasteiger partial charge in [0.25, 0.3) is 5.91 Å². The zero-order valence-corrected chi connectivity index (χ0v) is 12.5. The number of benzene rings is 1. The molecule has 1 saturated carbocycles. The van der Waals surface area contributed by atoms with Crippen LogP contribution in [0.25, 0.3) is 10.9 Å². The Labute approximate surface area is 123 Å². The van der Waals surface area contributed by atoms with Crippen molar-refractivity contribution in [3.63, 3.8) is 0 Å². The standard InChI is InChI=1S/C16H20N2OS/c1-2-20-12-7-6-11(10-12)18-16(19)14-4-3-5-15-13(14)8-9-17-15/h3-5,8-9,11-12,17H,2,6-7,10H2,1H3,(H,18,19). The molecule has 1 aromatic carbocycles. The van der Waals surface area contributed by atoms with Crippen LogP contribution in [-0.4, -0.2) is 27.9 Å². The highest BCUT2D eigenvalue weighted by atomic mass is 32.2. The van der Waals surface area contributed by atoms with Gasteiger partial charge in [-0.3, -0.25) is 4.79 Å². The van der Waals surface area contributed by atoms with Gasteiger partial charge >= 0.3 is 0 Å². The first-order chi connectivity index (χ1) is 9.78. The Morgan fingerprint density at radius 3 is 3.15 bits per heavy atom. The lowest BCUT2D eigenvalue weighted by atomic mass is 10.1. The number of carbonyl (C=O) groups excluding carboxylic acids is 1. The highest BCUT2D eigenvalue weighted by Gasteiger charge is 2.26. The van der Waals surface area contributed by atoms with E-state index in [1.54, 1.807) is 0 Å². The van der Waals surface area contributed by atoms with Gasteiger partial charge in [-0.05, 0) is 43.2 Å². The average Bonchev–Trinajstić information content (AvgIpc) is 3.07. The number of thioether (sulfide) groups is 1. The first-order valence-electron chi connectivity index (χ1n) is 7.26. The van der Waals surface area contributed by atoms with Crippen molar-refractivity contribution < 1.29 is 4.79 Å². The predicted octanol–water partition coefficient (Wildman–Crippen LogP) is 3.57. The zero-order valence-electron chi connectivity index (χ0n) is 11.7. The third-order valence-corrected chi connectivity index (χ3v) is 5.19. The molecule has 2 aromatic rings. The lowest BCUT2D eigenvalue weighted by molar-refractivity contribution is 0.0939. The van der Waals surface area contributed by atoms with Crippen molar-refractivity contribution in [2.75, 3.05) is 5.75 Å². The van der Waals surface area contributed by atoms with Crippen LogP contribution < -0.4 is 5.32 Å². The maximum Gasteiger partial charge on any atom is 0.252 e. The van der Waals surface area contributed by atoms with Crippen LogP contribution in [0.1, 0.15) is 36.5 Å². The Morgan fingerprint density at radius 2 is 2.30 bits per heavy atom. The highest BCUT2D eigenvalue weighted by molar-refractivity contribution is 7.99.